The highest BCUT2D eigenvalue weighted by Crippen LogP contribution is 2.19. The average Bonchev–Trinajstić information content (AvgIpc) is 2.17. The maximum Gasteiger partial charge on any atom is 0.273 e. The van der Waals surface area contributed by atoms with Crippen LogP contribution in [0, 0.1) is 10.1 Å². The first kappa shape index (κ1) is 12.6. The van der Waals surface area contributed by atoms with Gasteiger partial charge in [0.25, 0.3) is 5.69 Å². The van der Waals surface area contributed by atoms with Gasteiger partial charge in [0.05, 0.1) is 17.8 Å². The SMILES string of the molecule is CONS(=O)(=O)Cc1ccccc1[N+](=O)[O-]. The van der Waals surface area contributed by atoms with E-state index in [0.717, 1.165) is 7.11 Å². The summed E-state index contributed by atoms with van der Waals surface area (Å²) in [6.45, 7) is 0. The van der Waals surface area contributed by atoms with E-state index in [4.69, 9.17) is 0 Å². The standard InChI is InChI=1S/C8H10N2O5S/c1-15-9-16(13,14)6-7-4-2-3-5-8(7)10(11)12/h2-5,9H,6H2,1H3. The molecule has 1 aromatic carbocycles. The molecule has 0 amide bonds. The molecule has 0 radical (unpaired) electrons. The first-order valence-corrected chi connectivity index (χ1v) is 5.86. The van der Waals surface area contributed by atoms with Crippen LogP contribution in [-0.2, 0) is 20.6 Å². The minimum absolute atomic E-state index is 0.108. The largest absolute Gasteiger partial charge is 0.290 e. The fraction of sp³-hybridized carbons (Fsp3) is 0.250. The molecular formula is C8H10N2O5S. The van der Waals surface area contributed by atoms with Crippen LogP contribution in [0.2, 0.25) is 0 Å². The van der Waals surface area contributed by atoms with E-state index in [-0.39, 0.29) is 11.3 Å². The Morgan fingerprint density at radius 1 is 1.44 bits per heavy atom. The number of sulfonamides is 1. The molecule has 0 aromatic heterocycles. The minimum Gasteiger partial charge on any atom is -0.290 e. The van der Waals surface area contributed by atoms with Crippen molar-refractivity contribution in [3.05, 3.63) is 39.9 Å². The maximum absolute atomic E-state index is 11.3. The molecule has 0 aliphatic heterocycles. The van der Waals surface area contributed by atoms with Crippen LogP contribution in [0.5, 0.6) is 0 Å². The molecule has 88 valence electrons. The van der Waals surface area contributed by atoms with Crippen molar-refractivity contribution in [3.8, 4) is 0 Å². The molecule has 0 unspecified atom stereocenters. The van der Waals surface area contributed by atoms with E-state index in [1.807, 2.05) is 0 Å². The summed E-state index contributed by atoms with van der Waals surface area (Å²) in [5.41, 5.74) is -0.124. The Morgan fingerprint density at radius 2 is 2.06 bits per heavy atom. The van der Waals surface area contributed by atoms with E-state index in [2.05, 4.69) is 4.84 Å². The Balaban J connectivity index is 3.02. The van der Waals surface area contributed by atoms with Crippen LogP contribution in [0.25, 0.3) is 0 Å². The van der Waals surface area contributed by atoms with Gasteiger partial charge in [-0.15, -0.1) is 0 Å². The van der Waals surface area contributed by atoms with E-state index in [1.165, 1.54) is 24.3 Å². The highest BCUT2D eigenvalue weighted by atomic mass is 32.2. The van der Waals surface area contributed by atoms with Crippen LogP contribution in [0.1, 0.15) is 5.56 Å². The number of hydrogen-bond acceptors (Lipinski definition) is 5. The fourth-order valence-corrected chi connectivity index (χ4v) is 2.14. The van der Waals surface area contributed by atoms with E-state index < -0.39 is 20.7 Å². The Kier molecular flexibility index (Phi) is 3.93. The highest BCUT2D eigenvalue weighted by Gasteiger charge is 2.19. The van der Waals surface area contributed by atoms with Gasteiger partial charge < -0.3 is 0 Å². The lowest BCUT2D eigenvalue weighted by atomic mass is 10.2. The predicted octanol–water partition coefficient (Wildman–Crippen LogP) is 0.576. The van der Waals surface area contributed by atoms with Crippen LogP contribution in [0.4, 0.5) is 5.69 Å². The van der Waals surface area contributed by atoms with Crippen molar-refractivity contribution in [2.75, 3.05) is 7.11 Å². The van der Waals surface area contributed by atoms with Crippen LogP contribution >= 0.6 is 0 Å². The predicted molar refractivity (Wildman–Crippen MR) is 55.9 cm³/mol. The van der Waals surface area contributed by atoms with Crippen molar-refractivity contribution in [3.63, 3.8) is 0 Å². The molecule has 0 aliphatic carbocycles. The number of hydrogen-bond donors (Lipinski definition) is 1. The summed E-state index contributed by atoms with van der Waals surface area (Å²) in [7, 11) is -2.57. The van der Waals surface area contributed by atoms with Gasteiger partial charge in [0.2, 0.25) is 10.0 Å². The monoisotopic (exact) mass is 246 g/mol. The lowest BCUT2D eigenvalue weighted by Gasteiger charge is -2.04. The van der Waals surface area contributed by atoms with Crippen LogP contribution in [0.3, 0.4) is 0 Å². The maximum atomic E-state index is 11.3. The molecule has 1 N–H and O–H groups in total. The fourth-order valence-electron chi connectivity index (χ4n) is 1.17. The smallest absolute Gasteiger partial charge is 0.273 e. The molecule has 7 nitrogen and oxygen atoms in total. The Morgan fingerprint density at radius 3 is 2.62 bits per heavy atom. The summed E-state index contributed by atoms with van der Waals surface area (Å²) in [5, 5.41) is 10.6. The lowest BCUT2D eigenvalue weighted by Crippen LogP contribution is -2.24. The van der Waals surface area contributed by atoms with E-state index >= 15 is 0 Å². The molecule has 0 atom stereocenters. The number of nitro groups is 1. The summed E-state index contributed by atoms with van der Waals surface area (Å²) in [5.74, 6) is -0.502. The summed E-state index contributed by atoms with van der Waals surface area (Å²) in [6, 6.07) is 5.63. The van der Waals surface area contributed by atoms with Gasteiger partial charge in [0, 0.05) is 11.6 Å². The normalized spacial score (nSPS) is 11.3. The number of nitrogens with one attached hydrogen (secondary N) is 1. The van der Waals surface area contributed by atoms with Crippen LogP contribution in [0.15, 0.2) is 24.3 Å². The molecule has 0 aliphatic rings. The molecule has 0 bridgehead atoms. The first-order chi connectivity index (χ1) is 7.46. The van der Waals surface area contributed by atoms with E-state index in [1.54, 1.807) is 4.89 Å². The molecular weight excluding hydrogens is 236 g/mol. The van der Waals surface area contributed by atoms with Gasteiger partial charge >= 0.3 is 0 Å². The molecule has 8 heteroatoms. The van der Waals surface area contributed by atoms with Crippen LogP contribution < -0.4 is 4.89 Å². The van der Waals surface area contributed by atoms with Gasteiger partial charge in [0.1, 0.15) is 0 Å². The van der Waals surface area contributed by atoms with Crippen LogP contribution in [-0.4, -0.2) is 20.5 Å². The van der Waals surface area contributed by atoms with Gasteiger partial charge in [-0.3, -0.25) is 15.0 Å². The van der Waals surface area contributed by atoms with E-state index in [9.17, 15) is 18.5 Å². The topological polar surface area (TPSA) is 98.5 Å². The van der Waals surface area contributed by atoms with Crippen molar-refractivity contribution in [2.45, 2.75) is 5.75 Å². The van der Waals surface area contributed by atoms with Crippen molar-refractivity contribution < 1.29 is 18.2 Å². The molecule has 1 aromatic rings. The third-order valence-corrected chi connectivity index (χ3v) is 2.86. The van der Waals surface area contributed by atoms with Gasteiger partial charge in [-0.2, -0.15) is 0 Å². The molecule has 16 heavy (non-hydrogen) atoms. The zero-order chi connectivity index (χ0) is 12.2. The molecule has 0 saturated carbocycles. The first-order valence-electron chi connectivity index (χ1n) is 4.21. The third kappa shape index (κ3) is 3.26. The Bertz CT molecular complexity index is 485. The Labute approximate surface area is 92.2 Å². The van der Waals surface area contributed by atoms with Crippen molar-refractivity contribution in [2.24, 2.45) is 0 Å². The third-order valence-electron chi connectivity index (χ3n) is 1.74. The number of nitro benzene ring substituents is 1. The van der Waals surface area contributed by atoms with Crippen molar-refractivity contribution >= 4 is 15.7 Å². The number of para-hydroxylation sites is 1. The van der Waals surface area contributed by atoms with Crippen molar-refractivity contribution in [1.29, 1.82) is 0 Å². The number of rotatable bonds is 5. The second-order valence-electron chi connectivity index (χ2n) is 2.93. The summed E-state index contributed by atoms with van der Waals surface area (Å²) < 4.78 is 22.6. The summed E-state index contributed by atoms with van der Waals surface area (Å²) in [6.07, 6.45) is 0. The quantitative estimate of drug-likeness (QED) is 0.605. The molecule has 0 spiro atoms. The van der Waals surface area contributed by atoms with Crippen molar-refractivity contribution in [1.82, 2.24) is 4.89 Å². The second kappa shape index (κ2) is 5.01. The second-order valence-corrected chi connectivity index (χ2v) is 4.62. The van der Waals surface area contributed by atoms with Gasteiger partial charge in [-0.25, -0.2) is 8.42 Å². The zero-order valence-corrected chi connectivity index (χ0v) is 9.23. The van der Waals surface area contributed by atoms with Gasteiger partial charge in [-0.05, 0) is 0 Å². The average molecular weight is 246 g/mol. The number of nitrogens with zero attached hydrogens (tertiary/aromatic N) is 1. The highest BCUT2D eigenvalue weighted by molar-refractivity contribution is 7.88. The van der Waals surface area contributed by atoms with E-state index in [0.29, 0.717) is 0 Å². The Hall–Kier alpha value is -1.51. The lowest BCUT2D eigenvalue weighted by molar-refractivity contribution is -0.385. The van der Waals surface area contributed by atoms with Gasteiger partial charge in [-0.1, -0.05) is 23.1 Å². The molecule has 0 heterocycles. The summed E-state index contributed by atoms with van der Waals surface area (Å²) >= 11 is 0. The van der Waals surface area contributed by atoms with Gasteiger partial charge in [0.15, 0.2) is 0 Å². The minimum atomic E-state index is -3.72. The molecule has 1 rings (SSSR count). The number of benzene rings is 1. The molecule has 0 fully saturated rings. The zero-order valence-electron chi connectivity index (χ0n) is 8.41. The molecule has 0 saturated heterocycles. The summed E-state index contributed by atoms with van der Waals surface area (Å²) in [4.78, 5) is 16.1.